The number of nitrogens with one attached hydrogen (secondary N) is 1. The molecule has 12 heavy (non-hydrogen) atoms. The average molecular weight is 171 g/mol. The fraction of sp³-hybridized carbons (Fsp3) is 0.889. The van der Waals surface area contributed by atoms with E-state index in [1.807, 2.05) is 0 Å². The molecule has 1 fully saturated rings. The van der Waals surface area contributed by atoms with Gasteiger partial charge in [0.1, 0.15) is 5.54 Å². The van der Waals surface area contributed by atoms with Crippen molar-refractivity contribution in [3.05, 3.63) is 0 Å². The van der Waals surface area contributed by atoms with Crippen molar-refractivity contribution in [2.45, 2.75) is 44.6 Å². The maximum atomic E-state index is 10.8. The standard InChI is InChI=1S/C9H17NO2/c1-2-3-7-10-9(8(11)12)5-4-6-9/h10H,2-7H2,1H3,(H,11,12). The Morgan fingerprint density at radius 3 is 2.58 bits per heavy atom. The van der Waals surface area contributed by atoms with Crippen LogP contribution in [0.5, 0.6) is 0 Å². The number of carbonyl (C=O) groups is 1. The van der Waals surface area contributed by atoms with Gasteiger partial charge in [-0.2, -0.15) is 0 Å². The minimum absolute atomic E-state index is 0.560. The van der Waals surface area contributed by atoms with Gasteiger partial charge in [-0.25, -0.2) is 0 Å². The highest BCUT2D eigenvalue weighted by Crippen LogP contribution is 2.31. The normalized spacial score (nSPS) is 20.1. The molecule has 0 unspecified atom stereocenters. The SMILES string of the molecule is CCCCNC1(C(=O)O)CCC1. The summed E-state index contributed by atoms with van der Waals surface area (Å²) in [6.07, 6.45) is 4.82. The molecule has 1 rings (SSSR count). The fourth-order valence-corrected chi connectivity index (χ4v) is 1.50. The molecular formula is C9H17NO2. The summed E-state index contributed by atoms with van der Waals surface area (Å²) in [4.78, 5) is 10.8. The summed E-state index contributed by atoms with van der Waals surface area (Å²) in [5.41, 5.74) is -0.560. The van der Waals surface area contributed by atoms with Crippen LogP contribution >= 0.6 is 0 Å². The monoisotopic (exact) mass is 171 g/mol. The molecule has 0 aromatic heterocycles. The molecule has 0 atom stereocenters. The number of carboxylic acid groups (broad SMARTS) is 1. The Hall–Kier alpha value is -0.570. The molecule has 3 heteroatoms. The first-order valence-corrected chi connectivity index (χ1v) is 4.70. The molecule has 0 heterocycles. The van der Waals surface area contributed by atoms with Crippen molar-refractivity contribution in [1.29, 1.82) is 0 Å². The molecule has 0 bridgehead atoms. The predicted octanol–water partition coefficient (Wildman–Crippen LogP) is 1.38. The second-order valence-corrected chi connectivity index (χ2v) is 3.52. The highest BCUT2D eigenvalue weighted by atomic mass is 16.4. The third kappa shape index (κ3) is 1.78. The van der Waals surface area contributed by atoms with Crippen molar-refractivity contribution in [3.63, 3.8) is 0 Å². The van der Waals surface area contributed by atoms with Gasteiger partial charge in [0.15, 0.2) is 0 Å². The van der Waals surface area contributed by atoms with E-state index in [9.17, 15) is 4.79 Å². The zero-order chi connectivity index (χ0) is 9.03. The number of rotatable bonds is 5. The molecule has 1 aliphatic carbocycles. The van der Waals surface area contributed by atoms with Crippen molar-refractivity contribution >= 4 is 5.97 Å². The minimum atomic E-state index is -0.676. The van der Waals surface area contributed by atoms with Crippen LogP contribution in [-0.2, 0) is 4.79 Å². The third-order valence-corrected chi connectivity index (χ3v) is 2.61. The van der Waals surface area contributed by atoms with Gasteiger partial charge in [0.05, 0.1) is 0 Å². The first kappa shape index (κ1) is 9.52. The van der Waals surface area contributed by atoms with Crippen LogP contribution < -0.4 is 5.32 Å². The molecule has 0 amide bonds. The molecule has 0 aliphatic heterocycles. The maximum Gasteiger partial charge on any atom is 0.323 e. The van der Waals surface area contributed by atoms with E-state index < -0.39 is 11.5 Å². The highest BCUT2D eigenvalue weighted by molar-refractivity contribution is 5.79. The van der Waals surface area contributed by atoms with E-state index in [1.165, 1.54) is 0 Å². The van der Waals surface area contributed by atoms with Gasteiger partial charge in [0, 0.05) is 0 Å². The number of hydrogen-bond donors (Lipinski definition) is 2. The van der Waals surface area contributed by atoms with Gasteiger partial charge in [-0.15, -0.1) is 0 Å². The summed E-state index contributed by atoms with van der Waals surface area (Å²) >= 11 is 0. The van der Waals surface area contributed by atoms with Crippen molar-refractivity contribution < 1.29 is 9.90 Å². The largest absolute Gasteiger partial charge is 0.480 e. The fourth-order valence-electron chi connectivity index (χ4n) is 1.50. The van der Waals surface area contributed by atoms with Gasteiger partial charge in [0.25, 0.3) is 0 Å². The van der Waals surface area contributed by atoms with Crippen molar-refractivity contribution in [2.75, 3.05) is 6.54 Å². The smallest absolute Gasteiger partial charge is 0.323 e. The molecule has 0 aromatic rings. The Balaban J connectivity index is 2.30. The topological polar surface area (TPSA) is 49.3 Å². The van der Waals surface area contributed by atoms with Crippen LogP contribution in [0.3, 0.4) is 0 Å². The second kappa shape index (κ2) is 3.90. The lowest BCUT2D eigenvalue weighted by Gasteiger charge is -2.38. The second-order valence-electron chi connectivity index (χ2n) is 3.52. The molecule has 2 N–H and O–H groups in total. The summed E-state index contributed by atoms with van der Waals surface area (Å²) in [6.45, 7) is 2.94. The van der Waals surface area contributed by atoms with Crippen LogP contribution in [0.4, 0.5) is 0 Å². The van der Waals surface area contributed by atoms with Crippen LogP contribution in [0.1, 0.15) is 39.0 Å². The van der Waals surface area contributed by atoms with Gasteiger partial charge in [0.2, 0.25) is 0 Å². The van der Waals surface area contributed by atoms with E-state index in [2.05, 4.69) is 12.2 Å². The van der Waals surface area contributed by atoms with E-state index in [4.69, 9.17) is 5.11 Å². The van der Waals surface area contributed by atoms with Gasteiger partial charge >= 0.3 is 5.97 Å². The summed E-state index contributed by atoms with van der Waals surface area (Å²) in [7, 11) is 0. The quantitative estimate of drug-likeness (QED) is 0.614. The maximum absolute atomic E-state index is 10.8. The number of carboxylic acids is 1. The predicted molar refractivity (Wildman–Crippen MR) is 47.1 cm³/mol. The Labute approximate surface area is 73.2 Å². The third-order valence-electron chi connectivity index (χ3n) is 2.61. The zero-order valence-electron chi connectivity index (χ0n) is 7.60. The van der Waals surface area contributed by atoms with Gasteiger partial charge in [-0.05, 0) is 32.2 Å². The molecule has 0 spiro atoms. The van der Waals surface area contributed by atoms with Gasteiger partial charge in [-0.3, -0.25) is 4.79 Å². The summed E-state index contributed by atoms with van der Waals surface area (Å²) in [5, 5.41) is 12.1. The van der Waals surface area contributed by atoms with E-state index in [0.29, 0.717) is 0 Å². The van der Waals surface area contributed by atoms with E-state index in [-0.39, 0.29) is 0 Å². The van der Waals surface area contributed by atoms with Crippen LogP contribution in [0.25, 0.3) is 0 Å². The molecule has 1 saturated carbocycles. The zero-order valence-corrected chi connectivity index (χ0v) is 7.60. The molecule has 1 aliphatic rings. The Morgan fingerprint density at radius 2 is 2.25 bits per heavy atom. The Morgan fingerprint density at radius 1 is 1.58 bits per heavy atom. The number of hydrogen-bond acceptors (Lipinski definition) is 2. The van der Waals surface area contributed by atoms with Crippen LogP contribution in [-0.4, -0.2) is 23.2 Å². The minimum Gasteiger partial charge on any atom is -0.480 e. The summed E-state index contributed by atoms with van der Waals surface area (Å²) < 4.78 is 0. The number of unbranched alkanes of at least 4 members (excludes halogenated alkanes) is 1. The summed E-state index contributed by atoms with van der Waals surface area (Å²) in [5.74, 6) is -0.676. The number of aliphatic carboxylic acids is 1. The van der Waals surface area contributed by atoms with Crippen molar-refractivity contribution in [1.82, 2.24) is 5.32 Å². The molecule has 0 aromatic carbocycles. The van der Waals surface area contributed by atoms with Crippen LogP contribution in [0.2, 0.25) is 0 Å². The first-order valence-electron chi connectivity index (χ1n) is 4.70. The molecular weight excluding hydrogens is 154 g/mol. The first-order chi connectivity index (χ1) is 5.71. The molecule has 0 radical (unpaired) electrons. The van der Waals surface area contributed by atoms with E-state index >= 15 is 0 Å². The lowest BCUT2D eigenvalue weighted by molar-refractivity contribution is -0.148. The Kier molecular flexibility index (Phi) is 3.09. The van der Waals surface area contributed by atoms with Gasteiger partial charge in [-0.1, -0.05) is 13.3 Å². The van der Waals surface area contributed by atoms with E-state index in [1.54, 1.807) is 0 Å². The van der Waals surface area contributed by atoms with Gasteiger partial charge < -0.3 is 10.4 Å². The van der Waals surface area contributed by atoms with Crippen LogP contribution in [0, 0.1) is 0 Å². The average Bonchev–Trinajstić information content (AvgIpc) is 1.94. The van der Waals surface area contributed by atoms with Crippen molar-refractivity contribution in [2.24, 2.45) is 0 Å². The van der Waals surface area contributed by atoms with Crippen LogP contribution in [0.15, 0.2) is 0 Å². The molecule has 3 nitrogen and oxygen atoms in total. The lowest BCUT2D eigenvalue weighted by Crippen LogP contribution is -2.57. The Bertz CT molecular complexity index is 164. The highest BCUT2D eigenvalue weighted by Gasteiger charge is 2.43. The molecule has 0 saturated heterocycles. The van der Waals surface area contributed by atoms with E-state index in [0.717, 1.165) is 38.6 Å². The summed E-state index contributed by atoms with van der Waals surface area (Å²) in [6, 6.07) is 0. The molecule has 70 valence electrons. The lowest BCUT2D eigenvalue weighted by atomic mass is 9.77. The van der Waals surface area contributed by atoms with Crippen molar-refractivity contribution in [3.8, 4) is 0 Å².